The maximum atomic E-state index is 12.4. The Kier molecular flexibility index (Phi) is 2.73. The third kappa shape index (κ3) is 2.09. The van der Waals surface area contributed by atoms with E-state index in [2.05, 4.69) is 28.8 Å². The number of aryl methyl sites for hydroxylation is 1. The Balaban J connectivity index is 1.74. The van der Waals surface area contributed by atoms with E-state index in [1.54, 1.807) is 12.1 Å². The number of hydrogen-bond donors (Lipinski definition) is 2. The number of halogens is 1. The van der Waals surface area contributed by atoms with Crippen molar-refractivity contribution in [2.75, 3.05) is 5.32 Å². The lowest BCUT2D eigenvalue weighted by Crippen LogP contribution is -2.60. The van der Waals surface area contributed by atoms with Gasteiger partial charge in [0, 0.05) is 11.4 Å². The number of amides is 1. The number of hydrogen-bond acceptors (Lipinski definition) is 2. The minimum Gasteiger partial charge on any atom is -0.362 e. The van der Waals surface area contributed by atoms with Crippen molar-refractivity contribution in [1.29, 1.82) is 0 Å². The number of anilines is 1. The Labute approximate surface area is 128 Å². The van der Waals surface area contributed by atoms with Crippen LogP contribution in [0, 0.1) is 0 Å². The molecule has 1 spiro atoms. The normalized spacial score (nSPS) is 23.0. The monoisotopic (exact) mass is 298 g/mol. The van der Waals surface area contributed by atoms with Gasteiger partial charge in [0.2, 0.25) is 0 Å². The molecule has 0 aromatic heterocycles. The smallest absolute Gasteiger partial charge is 0.255 e. The quantitative estimate of drug-likeness (QED) is 0.783. The van der Waals surface area contributed by atoms with Gasteiger partial charge in [-0.25, -0.2) is 0 Å². The molecule has 2 N–H and O–H groups in total. The van der Waals surface area contributed by atoms with E-state index in [1.165, 1.54) is 11.1 Å². The standard InChI is InChI=1S/C17H15ClN2O/c18-13-5-6-14-15(9-13)19-17(20-16(14)21)8-7-11-3-1-2-4-12(11)10-17/h1-6,9,19H,7-8,10H2,(H,20,21). The van der Waals surface area contributed by atoms with Gasteiger partial charge in [-0.15, -0.1) is 0 Å². The molecule has 1 aliphatic heterocycles. The van der Waals surface area contributed by atoms with Gasteiger partial charge >= 0.3 is 0 Å². The molecule has 1 atom stereocenters. The first kappa shape index (κ1) is 12.7. The van der Waals surface area contributed by atoms with Crippen molar-refractivity contribution in [3.8, 4) is 0 Å². The van der Waals surface area contributed by atoms with Crippen LogP contribution in [-0.2, 0) is 12.8 Å². The van der Waals surface area contributed by atoms with Crippen LogP contribution in [-0.4, -0.2) is 11.6 Å². The Morgan fingerprint density at radius 2 is 1.86 bits per heavy atom. The summed E-state index contributed by atoms with van der Waals surface area (Å²) in [5, 5.41) is 7.30. The minimum atomic E-state index is -0.400. The second-order valence-corrected chi connectivity index (χ2v) is 6.23. The van der Waals surface area contributed by atoms with Crippen LogP contribution < -0.4 is 10.6 Å². The molecule has 0 fully saturated rings. The zero-order valence-electron chi connectivity index (χ0n) is 11.4. The molecule has 1 unspecified atom stereocenters. The summed E-state index contributed by atoms with van der Waals surface area (Å²) in [6.45, 7) is 0. The van der Waals surface area contributed by atoms with Gasteiger partial charge in [0.15, 0.2) is 0 Å². The van der Waals surface area contributed by atoms with Crippen molar-refractivity contribution < 1.29 is 4.79 Å². The van der Waals surface area contributed by atoms with Crippen molar-refractivity contribution in [3.63, 3.8) is 0 Å². The number of benzene rings is 2. The Morgan fingerprint density at radius 3 is 2.71 bits per heavy atom. The molecule has 0 bridgehead atoms. The summed E-state index contributed by atoms with van der Waals surface area (Å²) in [5.41, 5.74) is 3.75. The lowest BCUT2D eigenvalue weighted by atomic mass is 9.82. The molecule has 106 valence electrons. The molecule has 0 saturated heterocycles. The highest BCUT2D eigenvalue weighted by Crippen LogP contribution is 2.35. The molecule has 2 aromatic carbocycles. The van der Waals surface area contributed by atoms with E-state index in [4.69, 9.17) is 11.6 Å². The summed E-state index contributed by atoms with van der Waals surface area (Å²) >= 11 is 6.06. The zero-order chi connectivity index (χ0) is 14.4. The number of carbonyl (C=O) groups is 1. The van der Waals surface area contributed by atoms with E-state index in [9.17, 15) is 4.79 Å². The van der Waals surface area contributed by atoms with Crippen molar-refractivity contribution >= 4 is 23.2 Å². The van der Waals surface area contributed by atoms with E-state index in [0.717, 1.165) is 24.9 Å². The molecule has 1 amide bonds. The van der Waals surface area contributed by atoms with E-state index in [0.29, 0.717) is 10.6 Å². The van der Waals surface area contributed by atoms with Crippen molar-refractivity contribution in [2.45, 2.75) is 24.9 Å². The minimum absolute atomic E-state index is 0.0280. The second-order valence-electron chi connectivity index (χ2n) is 5.80. The maximum absolute atomic E-state index is 12.4. The Hall–Kier alpha value is -2.00. The molecule has 1 heterocycles. The molecule has 3 nitrogen and oxygen atoms in total. The van der Waals surface area contributed by atoms with Crippen molar-refractivity contribution in [1.82, 2.24) is 5.32 Å². The van der Waals surface area contributed by atoms with Gasteiger partial charge < -0.3 is 10.6 Å². The lowest BCUT2D eigenvalue weighted by molar-refractivity contribution is 0.0892. The van der Waals surface area contributed by atoms with Crippen LogP contribution in [0.4, 0.5) is 5.69 Å². The summed E-state index contributed by atoms with van der Waals surface area (Å²) in [6.07, 6.45) is 2.63. The van der Waals surface area contributed by atoms with Gasteiger partial charge in [0.25, 0.3) is 5.91 Å². The van der Waals surface area contributed by atoms with Gasteiger partial charge in [-0.3, -0.25) is 4.79 Å². The first-order valence-electron chi connectivity index (χ1n) is 7.12. The first-order valence-corrected chi connectivity index (χ1v) is 7.50. The second kappa shape index (κ2) is 4.50. The number of fused-ring (bicyclic) bond motifs is 2. The van der Waals surface area contributed by atoms with Crippen LogP contribution in [0.3, 0.4) is 0 Å². The van der Waals surface area contributed by atoms with Gasteiger partial charge in [0.1, 0.15) is 5.66 Å². The fraction of sp³-hybridized carbons (Fsp3) is 0.235. The van der Waals surface area contributed by atoms with Gasteiger partial charge in [-0.2, -0.15) is 0 Å². The first-order chi connectivity index (χ1) is 10.2. The predicted molar refractivity (Wildman–Crippen MR) is 83.7 cm³/mol. The molecule has 0 radical (unpaired) electrons. The fourth-order valence-corrected chi connectivity index (χ4v) is 3.51. The third-order valence-electron chi connectivity index (χ3n) is 4.38. The fourth-order valence-electron chi connectivity index (χ4n) is 3.34. The van der Waals surface area contributed by atoms with E-state index >= 15 is 0 Å². The Morgan fingerprint density at radius 1 is 1.05 bits per heavy atom. The van der Waals surface area contributed by atoms with Crippen LogP contribution in [0.25, 0.3) is 0 Å². The SMILES string of the molecule is O=C1NC2(CCc3ccccc3C2)Nc2cc(Cl)ccc21. The van der Waals surface area contributed by atoms with E-state index in [-0.39, 0.29) is 5.91 Å². The van der Waals surface area contributed by atoms with Gasteiger partial charge in [-0.1, -0.05) is 35.9 Å². The summed E-state index contributed by atoms with van der Waals surface area (Å²) in [6, 6.07) is 13.8. The number of carbonyl (C=O) groups excluding carboxylic acids is 1. The van der Waals surface area contributed by atoms with Crippen molar-refractivity contribution in [2.24, 2.45) is 0 Å². The predicted octanol–water partition coefficient (Wildman–Crippen LogP) is 3.38. The molecule has 21 heavy (non-hydrogen) atoms. The average molecular weight is 299 g/mol. The molecule has 2 aliphatic rings. The van der Waals surface area contributed by atoms with E-state index < -0.39 is 5.66 Å². The van der Waals surface area contributed by atoms with Crippen LogP contribution in [0.2, 0.25) is 5.02 Å². The molecule has 4 heteroatoms. The van der Waals surface area contributed by atoms with Crippen LogP contribution in [0.1, 0.15) is 27.9 Å². The molecule has 0 saturated carbocycles. The van der Waals surface area contributed by atoms with Crippen molar-refractivity contribution in [3.05, 3.63) is 64.2 Å². The summed E-state index contributed by atoms with van der Waals surface area (Å²) in [4.78, 5) is 12.4. The summed E-state index contributed by atoms with van der Waals surface area (Å²) in [5.74, 6) is -0.0280. The molecule has 2 aromatic rings. The molecular weight excluding hydrogens is 284 g/mol. The van der Waals surface area contributed by atoms with Crippen LogP contribution in [0.5, 0.6) is 0 Å². The third-order valence-corrected chi connectivity index (χ3v) is 4.62. The number of rotatable bonds is 0. The highest BCUT2D eigenvalue weighted by molar-refractivity contribution is 6.31. The molecule has 1 aliphatic carbocycles. The highest BCUT2D eigenvalue weighted by atomic mass is 35.5. The molecular formula is C17H15ClN2O. The largest absolute Gasteiger partial charge is 0.362 e. The zero-order valence-corrected chi connectivity index (χ0v) is 12.2. The summed E-state index contributed by atoms with van der Waals surface area (Å²) in [7, 11) is 0. The average Bonchev–Trinajstić information content (AvgIpc) is 2.46. The lowest BCUT2D eigenvalue weighted by Gasteiger charge is -2.43. The molecule has 4 rings (SSSR count). The maximum Gasteiger partial charge on any atom is 0.255 e. The van der Waals surface area contributed by atoms with E-state index in [1.807, 2.05) is 12.1 Å². The topological polar surface area (TPSA) is 41.1 Å². The van der Waals surface area contributed by atoms with Gasteiger partial charge in [-0.05, 0) is 42.2 Å². The highest BCUT2D eigenvalue weighted by Gasteiger charge is 2.39. The summed E-state index contributed by atoms with van der Waals surface area (Å²) < 4.78 is 0. The van der Waals surface area contributed by atoms with Gasteiger partial charge in [0.05, 0.1) is 11.3 Å². The number of nitrogens with one attached hydrogen (secondary N) is 2. The Bertz CT molecular complexity index is 743. The van der Waals surface area contributed by atoms with Crippen LogP contribution >= 0.6 is 11.6 Å². The van der Waals surface area contributed by atoms with Crippen LogP contribution in [0.15, 0.2) is 42.5 Å².